The summed E-state index contributed by atoms with van der Waals surface area (Å²) in [4.78, 5) is 0. The Morgan fingerprint density at radius 1 is 0.682 bits per heavy atom. The fraction of sp³-hybridized carbons (Fsp3) is 1.00. The second-order valence-electron chi connectivity index (χ2n) is 4.63. The van der Waals surface area contributed by atoms with E-state index in [-0.39, 0.29) is 25.7 Å². The SMILES string of the molecule is O=S(=O)(N[C@H]1CCCC[C@@H]1NS(=O)(=O)C(F)(F)F)C(F)(F)F. The fourth-order valence-electron chi connectivity index (χ4n) is 1.95. The van der Waals surface area contributed by atoms with Gasteiger partial charge in [0.1, 0.15) is 0 Å². The highest BCUT2D eigenvalue weighted by Crippen LogP contribution is 2.28. The molecule has 14 heteroatoms. The van der Waals surface area contributed by atoms with Crippen LogP contribution in [0.25, 0.3) is 0 Å². The van der Waals surface area contributed by atoms with E-state index in [1.807, 2.05) is 0 Å². The van der Waals surface area contributed by atoms with E-state index < -0.39 is 43.1 Å². The zero-order valence-electron chi connectivity index (χ0n) is 10.7. The molecule has 0 saturated heterocycles. The number of alkyl halides is 6. The summed E-state index contributed by atoms with van der Waals surface area (Å²) in [6.45, 7) is 0. The molecule has 0 aromatic rings. The average molecular weight is 378 g/mol. The van der Waals surface area contributed by atoms with Gasteiger partial charge >= 0.3 is 31.1 Å². The molecular weight excluding hydrogens is 366 g/mol. The van der Waals surface area contributed by atoms with Gasteiger partial charge in [0.2, 0.25) is 0 Å². The lowest BCUT2D eigenvalue weighted by molar-refractivity contribution is -0.0467. The summed E-state index contributed by atoms with van der Waals surface area (Å²) in [5.41, 5.74) is -11.3. The standard InChI is InChI=1S/C8H12F6N2O4S2/c9-7(10,11)21(17,18)15-5-3-1-2-4-6(5)16-22(19,20)8(12,13)14/h5-6,15-16H,1-4H2/t5-,6-/m0/s1. The second kappa shape index (κ2) is 6.13. The molecule has 22 heavy (non-hydrogen) atoms. The van der Waals surface area contributed by atoms with Crippen LogP contribution in [0, 0.1) is 0 Å². The Morgan fingerprint density at radius 3 is 1.18 bits per heavy atom. The van der Waals surface area contributed by atoms with Crippen LogP contribution in [-0.4, -0.2) is 39.9 Å². The first-order valence-electron chi connectivity index (χ1n) is 5.84. The Balaban J connectivity index is 2.95. The van der Waals surface area contributed by atoms with Gasteiger partial charge in [-0.1, -0.05) is 12.8 Å². The van der Waals surface area contributed by atoms with Crippen molar-refractivity contribution in [1.29, 1.82) is 0 Å². The van der Waals surface area contributed by atoms with Crippen molar-refractivity contribution in [2.24, 2.45) is 0 Å². The zero-order chi connectivity index (χ0) is 17.4. The first kappa shape index (κ1) is 19.4. The summed E-state index contributed by atoms with van der Waals surface area (Å²) >= 11 is 0. The first-order chi connectivity index (χ1) is 9.67. The number of hydrogen-bond acceptors (Lipinski definition) is 4. The van der Waals surface area contributed by atoms with Crippen LogP contribution < -0.4 is 9.44 Å². The van der Waals surface area contributed by atoms with Crippen LogP contribution in [0.5, 0.6) is 0 Å². The van der Waals surface area contributed by atoms with Gasteiger partial charge in [-0.2, -0.15) is 26.3 Å². The molecule has 132 valence electrons. The van der Waals surface area contributed by atoms with Crippen molar-refractivity contribution in [3.8, 4) is 0 Å². The molecule has 1 fully saturated rings. The van der Waals surface area contributed by atoms with Crippen molar-refractivity contribution in [3.63, 3.8) is 0 Å². The summed E-state index contributed by atoms with van der Waals surface area (Å²) in [5.74, 6) is 0. The number of rotatable bonds is 4. The van der Waals surface area contributed by atoms with Crippen LogP contribution >= 0.6 is 0 Å². The minimum Gasteiger partial charge on any atom is -0.203 e. The molecule has 0 amide bonds. The lowest BCUT2D eigenvalue weighted by atomic mass is 9.92. The van der Waals surface area contributed by atoms with E-state index >= 15 is 0 Å². The molecule has 6 nitrogen and oxygen atoms in total. The van der Waals surface area contributed by atoms with Gasteiger partial charge in [-0.3, -0.25) is 0 Å². The Labute approximate surface area is 122 Å². The average Bonchev–Trinajstić information content (AvgIpc) is 2.28. The van der Waals surface area contributed by atoms with Crippen molar-refractivity contribution >= 4 is 20.0 Å². The lowest BCUT2D eigenvalue weighted by Gasteiger charge is -2.32. The van der Waals surface area contributed by atoms with E-state index in [4.69, 9.17) is 0 Å². The third kappa shape index (κ3) is 4.45. The summed E-state index contributed by atoms with van der Waals surface area (Å²) in [5, 5.41) is 0. The first-order valence-corrected chi connectivity index (χ1v) is 8.81. The maximum atomic E-state index is 12.3. The van der Waals surface area contributed by atoms with Crippen molar-refractivity contribution in [2.45, 2.75) is 48.8 Å². The highest BCUT2D eigenvalue weighted by molar-refractivity contribution is 7.90. The van der Waals surface area contributed by atoms with Gasteiger partial charge in [0.05, 0.1) is 0 Å². The minimum absolute atomic E-state index is 0.222. The molecule has 0 bridgehead atoms. The predicted octanol–water partition coefficient (Wildman–Crippen LogP) is 1.18. The summed E-state index contributed by atoms with van der Waals surface area (Å²) in [6.07, 6.45) is 0.0469. The Morgan fingerprint density at radius 2 is 0.955 bits per heavy atom. The largest absolute Gasteiger partial charge is 0.511 e. The maximum absolute atomic E-state index is 12.3. The van der Waals surface area contributed by atoms with Crippen molar-refractivity contribution in [2.75, 3.05) is 0 Å². The molecule has 0 spiro atoms. The van der Waals surface area contributed by atoms with Gasteiger partial charge in [0.15, 0.2) is 0 Å². The van der Waals surface area contributed by atoms with Crippen molar-refractivity contribution < 1.29 is 43.2 Å². The zero-order valence-corrected chi connectivity index (χ0v) is 12.3. The number of halogens is 6. The minimum atomic E-state index is -5.79. The number of nitrogens with one attached hydrogen (secondary N) is 2. The monoisotopic (exact) mass is 378 g/mol. The summed E-state index contributed by atoms with van der Waals surface area (Å²) in [7, 11) is -11.6. The van der Waals surface area contributed by atoms with Crippen molar-refractivity contribution in [3.05, 3.63) is 0 Å². The molecule has 0 radical (unpaired) electrons. The quantitative estimate of drug-likeness (QED) is 0.719. The molecule has 0 unspecified atom stereocenters. The van der Waals surface area contributed by atoms with Crippen LogP contribution in [0.4, 0.5) is 26.3 Å². The molecule has 1 aliphatic carbocycles. The molecule has 0 heterocycles. The van der Waals surface area contributed by atoms with Gasteiger partial charge in [0.25, 0.3) is 0 Å². The van der Waals surface area contributed by atoms with E-state index in [1.165, 1.54) is 9.44 Å². The smallest absolute Gasteiger partial charge is 0.203 e. The molecule has 0 aromatic heterocycles. The highest BCUT2D eigenvalue weighted by Gasteiger charge is 2.50. The van der Waals surface area contributed by atoms with Crippen LogP contribution in [0.1, 0.15) is 25.7 Å². The van der Waals surface area contributed by atoms with E-state index in [2.05, 4.69) is 0 Å². The molecule has 0 aliphatic heterocycles. The summed E-state index contributed by atoms with van der Waals surface area (Å²) < 4.78 is 120. The molecular formula is C8H12F6N2O4S2. The number of sulfonamides is 2. The van der Waals surface area contributed by atoms with Gasteiger partial charge in [-0.25, -0.2) is 26.3 Å². The third-order valence-electron chi connectivity index (χ3n) is 2.99. The lowest BCUT2D eigenvalue weighted by Crippen LogP contribution is -2.56. The van der Waals surface area contributed by atoms with Gasteiger partial charge in [-0.05, 0) is 12.8 Å². The molecule has 2 atom stereocenters. The predicted molar refractivity (Wildman–Crippen MR) is 62.3 cm³/mol. The van der Waals surface area contributed by atoms with E-state index in [0.29, 0.717) is 0 Å². The molecule has 0 aromatic carbocycles. The highest BCUT2D eigenvalue weighted by atomic mass is 32.2. The van der Waals surface area contributed by atoms with Crippen LogP contribution in [0.2, 0.25) is 0 Å². The van der Waals surface area contributed by atoms with Gasteiger partial charge in [-0.15, -0.1) is 0 Å². The Hall–Kier alpha value is -0.600. The molecule has 1 rings (SSSR count). The topological polar surface area (TPSA) is 92.3 Å². The van der Waals surface area contributed by atoms with E-state index in [9.17, 15) is 43.2 Å². The third-order valence-corrected chi connectivity index (χ3v) is 5.43. The molecule has 2 N–H and O–H groups in total. The summed E-state index contributed by atoms with van der Waals surface area (Å²) in [6, 6.07) is -3.23. The van der Waals surface area contributed by atoms with E-state index in [1.54, 1.807) is 0 Å². The van der Waals surface area contributed by atoms with Crippen LogP contribution in [0.15, 0.2) is 0 Å². The van der Waals surface area contributed by atoms with Crippen molar-refractivity contribution in [1.82, 2.24) is 9.44 Å². The molecule has 1 saturated carbocycles. The second-order valence-corrected chi connectivity index (χ2v) is 8.04. The van der Waals surface area contributed by atoms with Crippen LogP contribution in [-0.2, 0) is 20.0 Å². The Bertz CT molecular complexity index is 543. The number of hydrogen-bond donors (Lipinski definition) is 2. The maximum Gasteiger partial charge on any atom is 0.511 e. The molecule has 1 aliphatic rings. The Kier molecular flexibility index (Phi) is 5.42. The van der Waals surface area contributed by atoms with E-state index in [0.717, 1.165) is 0 Å². The normalized spacial score (nSPS) is 25.2. The van der Waals surface area contributed by atoms with Gasteiger partial charge in [0, 0.05) is 12.1 Å². The fourth-order valence-corrected chi connectivity index (χ4v) is 3.57. The van der Waals surface area contributed by atoms with Crippen LogP contribution in [0.3, 0.4) is 0 Å². The van der Waals surface area contributed by atoms with Gasteiger partial charge < -0.3 is 0 Å².